The van der Waals surface area contributed by atoms with Crippen molar-refractivity contribution in [3.8, 4) is 5.75 Å². The number of aryl methyl sites for hydroxylation is 1. The molecule has 1 N–H and O–H groups in total. The van der Waals surface area contributed by atoms with Crippen molar-refractivity contribution >= 4 is 12.0 Å². The molecule has 2 unspecified atom stereocenters. The van der Waals surface area contributed by atoms with Crippen molar-refractivity contribution in [2.45, 2.75) is 31.7 Å². The van der Waals surface area contributed by atoms with E-state index in [4.69, 9.17) is 9.84 Å². The highest BCUT2D eigenvalue weighted by Crippen LogP contribution is 2.18. The van der Waals surface area contributed by atoms with E-state index >= 15 is 0 Å². The molecule has 1 heterocycles. The van der Waals surface area contributed by atoms with Crippen LogP contribution in [0.15, 0.2) is 60.7 Å². The lowest BCUT2D eigenvalue weighted by atomic mass is 10.1. The third kappa shape index (κ3) is 6.57. The van der Waals surface area contributed by atoms with Crippen LogP contribution in [-0.4, -0.2) is 41.7 Å². The van der Waals surface area contributed by atoms with E-state index < -0.39 is 5.97 Å². The lowest BCUT2D eigenvalue weighted by Crippen LogP contribution is -2.11. The van der Waals surface area contributed by atoms with Gasteiger partial charge in [0.05, 0.1) is 6.61 Å². The number of aliphatic carboxylic acids is 1. The molecule has 0 amide bonds. The second-order valence-corrected chi connectivity index (χ2v) is 6.92. The van der Waals surface area contributed by atoms with Gasteiger partial charge in [-0.05, 0) is 48.9 Å². The summed E-state index contributed by atoms with van der Waals surface area (Å²) in [5.74, 6) is 0.164. The van der Waals surface area contributed by atoms with Crippen LogP contribution in [0.25, 0.3) is 6.08 Å². The van der Waals surface area contributed by atoms with Crippen LogP contribution in [0.3, 0.4) is 0 Å². The van der Waals surface area contributed by atoms with Gasteiger partial charge < -0.3 is 9.84 Å². The zero-order valence-corrected chi connectivity index (χ0v) is 15.6. The Morgan fingerprint density at radius 2 is 1.85 bits per heavy atom. The van der Waals surface area contributed by atoms with Gasteiger partial charge in [0.15, 0.2) is 0 Å². The van der Waals surface area contributed by atoms with E-state index in [2.05, 4.69) is 30.3 Å². The fourth-order valence-electron chi connectivity index (χ4n) is 3.05. The third-order valence-electron chi connectivity index (χ3n) is 4.75. The smallest absolute Gasteiger partial charge is 0.322 e. The number of carboxylic acids is 1. The molecule has 27 heavy (non-hydrogen) atoms. The summed E-state index contributed by atoms with van der Waals surface area (Å²) in [6.07, 6.45) is 8.58. The van der Waals surface area contributed by atoms with Gasteiger partial charge >= 0.3 is 5.97 Å². The number of unbranched alkanes of at least 4 members (excludes halogenated alkanes) is 2. The molecule has 0 spiro atoms. The minimum Gasteiger partial charge on any atom is -0.494 e. The van der Waals surface area contributed by atoms with Crippen LogP contribution in [-0.2, 0) is 11.2 Å². The molecule has 3 rings (SSSR count). The predicted molar refractivity (Wildman–Crippen MR) is 108 cm³/mol. The van der Waals surface area contributed by atoms with Crippen molar-refractivity contribution < 1.29 is 14.6 Å². The zero-order chi connectivity index (χ0) is 18.9. The van der Waals surface area contributed by atoms with Gasteiger partial charge in [-0.3, -0.25) is 9.69 Å². The average molecular weight is 365 g/mol. The Hall–Kier alpha value is -2.59. The van der Waals surface area contributed by atoms with Gasteiger partial charge in [-0.15, -0.1) is 0 Å². The fourth-order valence-corrected chi connectivity index (χ4v) is 3.05. The Morgan fingerprint density at radius 3 is 2.56 bits per heavy atom. The minimum absolute atomic E-state index is 0.293. The average Bonchev–Trinajstić information content (AvgIpc) is 3.46. The molecule has 1 saturated heterocycles. The topological polar surface area (TPSA) is 49.5 Å². The first-order valence-corrected chi connectivity index (χ1v) is 9.62. The molecule has 0 radical (unpaired) electrons. The van der Waals surface area contributed by atoms with Gasteiger partial charge in [0.2, 0.25) is 0 Å². The number of hydrogen-bond acceptors (Lipinski definition) is 3. The van der Waals surface area contributed by atoms with Gasteiger partial charge in [0.1, 0.15) is 11.8 Å². The van der Waals surface area contributed by atoms with E-state index in [-0.39, 0.29) is 6.04 Å². The van der Waals surface area contributed by atoms with Crippen molar-refractivity contribution in [1.29, 1.82) is 0 Å². The van der Waals surface area contributed by atoms with Gasteiger partial charge in [0.25, 0.3) is 0 Å². The van der Waals surface area contributed by atoms with Crippen molar-refractivity contribution in [1.82, 2.24) is 4.90 Å². The van der Waals surface area contributed by atoms with Crippen molar-refractivity contribution in [3.05, 3.63) is 71.8 Å². The van der Waals surface area contributed by atoms with Crippen LogP contribution in [0.5, 0.6) is 5.75 Å². The maximum atomic E-state index is 10.8. The lowest BCUT2D eigenvalue weighted by Gasteiger charge is -2.06. The van der Waals surface area contributed by atoms with E-state index in [0.29, 0.717) is 13.1 Å². The van der Waals surface area contributed by atoms with Gasteiger partial charge in [-0.2, -0.15) is 0 Å². The van der Waals surface area contributed by atoms with Crippen LogP contribution in [0, 0.1) is 0 Å². The standard InChI is InChI=1S/C23H27NO3/c25-23(26)22-18-24(22)16-7-11-20-12-14-21(15-13-20)27-17-6-2-5-10-19-8-3-1-4-9-19/h1,3-4,7-9,11-15,22H,2,5-6,10,16-18H2,(H,25,26)/b11-7+. The zero-order valence-electron chi connectivity index (χ0n) is 15.6. The first kappa shape index (κ1) is 19.2. The predicted octanol–water partition coefficient (Wildman–Crippen LogP) is 4.26. The number of benzene rings is 2. The fraction of sp³-hybridized carbons (Fsp3) is 0.348. The normalized spacial score (nSPS) is 18.5. The summed E-state index contributed by atoms with van der Waals surface area (Å²) in [5, 5.41) is 8.86. The summed E-state index contributed by atoms with van der Waals surface area (Å²) in [5.41, 5.74) is 2.50. The molecular weight excluding hydrogens is 338 g/mol. The van der Waals surface area contributed by atoms with E-state index in [0.717, 1.165) is 30.8 Å². The molecule has 2 aromatic carbocycles. The molecular formula is C23H27NO3. The van der Waals surface area contributed by atoms with Crippen LogP contribution in [0.1, 0.15) is 30.4 Å². The maximum absolute atomic E-state index is 10.8. The second-order valence-electron chi connectivity index (χ2n) is 6.92. The molecule has 0 aliphatic carbocycles. The largest absolute Gasteiger partial charge is 0.494 e. The molecule has 4 heteroatoms. The number of carbonyl (C=O) groups is 1. The van der Waals surface area contributed by atoms with Gasteiger partial charge in [-0.1, -0.05) is 54.6 Å². The number of rotatable bonds is 11. The Morgan fingerprint density at radius 1 is 1.07 bits per heavy atom. The van der Waals surface area contributed by atoms with Crippen LogP contribution >= 0.6 is 0 Å². The molecule has 0 bridgehead atoms. The maximum Gasteiger partial charge on any atom is 0.322 e. The SMILES string of the molecule is O=C(O)C1CN1C/C=C/c1ccc(OCCCCCc2ccccc2)cc1. The number of nitrogens with zero attached hydrogens (tertiary/aromatic N) is 1. The highest BCUT2D eigenvalue weighted by atomic mass is 16.5. The van der Waals surface area contributed by atoms with Crippen molar-refractivity contribution in [2.24, 2.45) is 0 Å². The minimum atomic E-state index is -0.732. The van der Waals surface area contributed by atoms with E-state index in [9.17, 15) is 4.79 Å². The highest BCUT2D eigenvalue weighted by Gasteiger charge is 2.39. The quantitative estimate of drug-likeness (QED) is 0.477. The lowest BCUT2D eigenvalue weighted by molar-refractivity contribution is -0.137. The number of hydrogen-bond donors (Lipinski definition) is 1. The molecule has 142 valence electrons. The Bertz CT molecular complexity index is 740. The Kier molecular flexibility index (Phi) is 7.05. The molecule has 4 nitrogen and oxygen atoms in total. The van der Waals surface area contributed by atoms with E-state index in [1.807, 2.05) is 41.3 Å². The molecule has 1 aliphatic heterocycles. The van der Waals surface area contributed by atoms with E-state index in [1.54, 1.807) is 0 Å². The first-order valence-electron chi connectivity index (χ1n) is 9.62. The Balaban J connectivity index is 1.28. The first-order chi connectivity index (χ1) is 13.2. The second kappa shape index (κ2) is 9.93. The monoisotopic (exact) mass is 365 g/mol. The molecule has 1 aliphatic rings. The van der Waals surface area contributed by atoms with Gasteiger partial charge in [0, 0.05) is 13.1 Å². The molecule has 0 aromatic heterocycles. The van der Waals surface area contributed by atoms with Crippen molar-refractivity contribution in [3.63, 3.8) is 0 Å². The highest BCUT2D eigenvalue weighted by molar-refractivity contribution is 5.77. The van der Waals surface area contributed by atoms with E-state index in [1.165, 1.54) is 18.4 Å². The van der Waals surface area contributed by atoms with Gasteiger partial charge in [-0.25, -0.2) is 0 Å². The number of carboxylic acid groups (broad SMARTS) is 1. The molecule has 0 saturated carbocycles. The summed E-state index contributed by atoms with van der Waals surface area (Å²) in [7, 11) is 0. The summed E-state index contributed by atoms with van der Waals surface area (Å²) in [4.78, 5) is 12.7. The molecule has 2 atom stereocenters. The molecule has 1 fully saturated rings. The van der Waals surface area contributed by atoms with Crippen LogP contribution < -0.4 is 4.74 Å². The Labute approximate surface area is 161 Å². The van der Waals surface area contributed by atoms with Crippen LogP contribution in [0.2, 0.25) is 0 Å². The molecule has 2 aromatic rings. The van der Waals surface area contributed by atoms with Crippen molar-refractivity contribution in [2.75, 3.05) is 19.7 Å². The number of ether oxygens (including phenoxy) is 1. The summed E-state index contributed by atoms with van der Waals surface area (Å²) in [6, 6.07) is 18.3. The summed E-state index contributed by atoms with van der Waals surface area (Å²) >= 11 is 0. The summed E-state index contributed by atoms with van der Waals surface area (Å²) < 4.78 is 5.81. The third-order valence-corrected chi connectivity index (χ3v) is 4.75. The summed E-state index contributed by atoms with van der Waals surface area (Å²) in [6.45, 7) is 2.07. The van der Waals surface area contributed by atoms with Crippen LogP contribution in [0.4, 0.5) is 0 Å².